The fraction of sp³-hybridized carbons (Fsp3) is 0.300. The molecule has 5 rings (SSSR count). The van der Waals surface area contributed by atoms with Gasteiger partial charge in [-0.2, -0.15) is 0 Å². The van der Waals surface area contributed by atoms with Crippen LogP contribution < -0.4 is 9.47 Å². The molecule has 5 nitrogen and oxygen atoms in total. The van der Waals surface area contributed by atoms with Gasteiger partial charge in [0.15, 0.2) is 11.5 Å². The molecular formula is C30H33N3O2. The number of nitrogens with zero attached hydrogens (tertiary/aromatic N) is 3. The molecule has 1 aliphatic rings. The molecule has 0 N–H and O–H groups in total. The number of rotatable bonds is 10. The molecule has 0 saturated carbocycles. The second-order valence-electron chi connectivity index (χ2n) is 9.16. The molecule has 0 spiro atoms. The second kappa shape index (κ2) is 10.8. The topological polar surface area (TPSA) is 39.5 Å². The van der Waals surface area contributed by atoms with Crippen LogP contribution in [0, 0.1) is 6.92 Å². The van der Waals surface area contributed by atoms with Crippen LogP contribution >= 0.6 is 0 Å². The minimum absolute atomic E-state index is 0.296. The van der Waals surface area contributed by atoms with E-state index in [2.05, 4.69) is 96.1 Å². The van der Waals surface area contributed by atoms with Gasteiger partial charge in [0, 0.05) is 31.7 Å². The van der Waals surface area contributed by atoms with Gasteiger partial charge >= 0.3 is 0 Å². The van der Waals surface area contributed by atoms with Gasteiger partial charge in [0.2, 0.25) is 6.79 Å². The molecule has 0 aliphatic carbocycles. The van der Waals surface area contributed by atoms with Crippen molar-refractivity contribution in [1.29, 1.82) is 0 Å². The van der Waals surface area contributed by atoms with Gasteiger partial charge in [-0.05, 0) is 36.6 Å². The maximum atomic E-state index is 5.64. The van der Waals surface area contributed by atoms with Crippen molar-refractivity contribution in [2.75, 3.05) is 6.79 Å². The number of unbranched alkanes of at least 4 members (excludes halogenated alkanes) is 1. The number of hydrogen-bond donors (Lipinski definition) is 0. The van der Waals surface area contributed by atoms with Crippen LogP contribution in [0.2, 0.25) is 0 Å². The Morgan fingerprint density at radius 1 is 0.829 bits per heavy atom. The standard InChI is InChI=1S/C30H33N3O2/c1-3-4-17-33-27(23(2)31-30(33)26-13-9-6-10-14-26)21-32(19-24-11-7-5-8-12-24)20-25-15-16-28-29(18-25)35-22-34-28/h5-16,18H,3-4,17,19-22H2,1-2H3. The maximum Gasteiger partial charge on any atom is 0.231 e. The van der Waals surface area contributed by atoms with Crippen molar-refractivity contribution >= 4 is 0 Å². The van der Waals surface area contributed by atoms with E-state index in [9.17, 15) is 0 Å². The van der Waals surface area contributed by atoms with Crippen LogP contribution in [0.3, 0.4) is 0 Å². The zero-order valence-electron chi connectivity index (χ0n) is 20.6. The molecule has 180 valence electrons. The summed E-state index contributed by atoms with van der Waals surface area (Å²) in [5, 5.41) is 0. The summed E-state index contributed by atoms with van der Waals surface area (Å²) < 4.78 is 13.6. The highest BCUT2D eigenvalue weighted by Crippen LogP contribution is 2.33. The molecule has 4 aromatic rings. The third-order valence-electron chi connectivity index (χ3n) is 6.51. The van der Waals surface area contributed by atoms with E-state index in [1.165, 1.54) is 22.4 Å². The average molecular weight is 468 g/mol. The number of imidazole rings is 1. The highest BCUT2D eigenvalue weighted by atomic mass is 16.7. The van der Waals surface area contributed by atoms with Gasteiger partial charge in [-0.1, -0.05) is 80.1 Å². The summed E-state index contributed by atoms with van der Waals surface area (Å²) in [6.07, 6.45) is 2.28. The summed E-state index contributed by atoms with van der Waals surface area (Å²) in [4.78, 5) is 7.54. The fourth-order valence-electron chi connectivity index (χ4n) is 4.69. The molecule has 35 heavy (non-hydrogen) atoms. The molecule has 0 fully saturated rings. The summed E-state index contributed by atoms with van der Waals surface area (Å²) in [6.45, 7) is 8.14. The van der Waals surface area contributed by atoms with Crippen molar-refractivity contribution < 1.29 is 9.47 Å². The molecule has 1 aliphatic heterocycles. The SMILES string of the molecule is CCCCn1c(-c2ccccc2)nc(C)c1CN(Cc1ccccc1)Cc1ccc2c(c1)OCO2. The Hall–Kier alpha value is -3.57. The minimum Gasteiger partial charge on any atom is -0.454 e. The lowest BCUT2D eigenvalue weighted by Crippen LogP contribution is -2.24. The first-order valence-electron chi connectivity index (χ1n) is 12.5. The number of hydrogen-bond acceptors (Lipinski definition) is 4. The predicted octanol–water partition coefficient (Wildman–Crippen LogP) is 6.59. The molecule has 5 heteroatoms. The van der Waals surface area contributed by atoms with Crippen molar-refractivity contribution in [2.45, 2.75) is 52.9 Å². The lowest BCUT2D eigenvalue weighted by Gasteiger charge is -2.24. The molecular weight excluding hydrogens is 434 g/mol. The third kappa shape index (κ3) is 5.41. The largest absolute Gasteiger partial charge is 0.454 e. The van der Waals surface area contributed by atoms with Gasteiger partial charge in [-0.3, -0.25) is 4.90 Å². The Kier molecular flexibility index (Phi) is 7.15. The van der Waals surface area contributed by atoms with Crippen molar-refractivity contribution in [3.05, 3.63) is 101 Å². The number of aromatic nitrogens is 2. The van der Waals surface area contributed by atoms with E-state index < -0.39 is 0 Å². The summed E-state index contributed by atoms with van der Waals surface area (Å²) in [5.74, 6) is 2.72. The monoisotopic (exact) mass is 467 g/mol. The number of fused-ring (bicyclic) bond motifs is 1. The summed E-state index contributed by atoms with van der Waals surface area (Å²) in [6, 6.07) is 27.5. The van der Waals surface area contributed by atoms with E-state index in [-0.39, 0.29) is 0 Å². The van der Waals surface area contributed by atoms with E-state index in [0.29, 0.717) is 6.79 Å². The van der Waals surface area contributed by atoms with Crippen LogP contribution in [-0.4, -0.2) is 21.2 Å². The van der Waals surface area contributed by atoms with Crippen LogP contribution in [0.5, 0.6) is 11.5 Å². The van der Waals surface area contributed by atoms with Gasteiger partial charge in [0.05, 0.1) is 11.4 Å². The van der Waals surface area contributed by atoms with Crippen LogP contribution in [0.25, 0.3) is 11.4 Å². The van der Waals surface area contributed by atoms with E-state index in [4.69, 9.17) is 14.5 Å². The Bertz CT molecular complexity index is 1250. The van der Waals surface area contributed by atoms with Crippen LogP contribution in [-0.2, 0) is 26.2 Å². The Labute approximate surface area is 208 Å². The number of benzene rings is 3. The molecule has 2 heterocycles. The smallest absolute Gasteiger partial charge is 0.231 e. The molecule has 0 amide bonds. The second-order valence-corrected chi connectivity index (χ2v) is 9.16. The molecule has 0 atom stereocenters. The van der Waals surface area contributed by atoms with Crippen molar-refractivity contribution in [1.82, 2.24) is 14.5 Å². The van der Waals surface area contributed by atoms with Gasteiger partial charge in [0.25, 0.3) is 0 Å². The summed E-state index contributed by atoms with van der Waals surface area (Å²) in [5.41, 5.74) is 6.07. The van der Waals surface area contributed by atoms with E-state index in [1.54, 1.807) is 0 Å². The first kappa shape index (κ1) is 23.2. The minimum atomic E-state index is 0.296. The number of ether oxygens (including phenoxy) is 2. The Morgan fingerprint density at radius 3 is 2.31 bits per heavy atom. The molecule has 0 radical (unpaired) electrons. The van der Waals surface area contributed by atoms with Crippen LogP contribution in [0.15, 0.2) is 78.9 Å². The first-order chi connectivity index (χ1) is 17.2. The van der Waals surface area contributed by atoms with E-state index in [1.807, 2.05) is 6.07 Å². The zero-order chi connectivity index (χ0) is 24.0. The van der Waals surface area contributed by atoms with Gasteiger partial charge in [-0.15, -0.1) is 0 Å². The quantitative estimate of drug-likeness (QED) is 0.264. The lowest BCUT2D eigenvalue weighted by molar-refractivity contribution is 0.174. The van der Waals surface area contributed by atoms with Gasteiger partial charge < -0.3 is 14.0 Å². The van der Waals surface area contributed by atoms with Crippen LogP contribution in [0.4, 0.5) is 0 Å². The maximum absolute atomic E-state index is 5.64. The Morgan fingerprint density at radius 2 is 1.54 bits per heavy atom. The van der Waals surface area contributed by atoms with Gasteiger partial charge in [0.1, 0.15) is 5.82 Å². The van der Waals surface area contributed by atoms with Gasteiger partial charge in [-0.25, -0.2) is 4.98 Å². The van der Waals surface area contributed by atoms with Crippen molar-refractivity contribution in [2.24, 2.45) is 0 Å². The zero-order valence-corrected chi connectivity index (χ0v) is 20.6. The summed E-state index contributed by atoms with van der Waals surface area (Å²) >= 11 is 0. The highest BCUT2D eigenvalue weighted by Gasteiger charge is 2.20. The third-order valence-corrected chi connectivity index (χ3v) is 6.51. The van der Waals surface area contributed by atoms with E-state index >= 15 is 0 Å². The molecule has 0 saturated heterocycles. The fourth-order valence-corrected chi connectivity index (χ4v) is 4.69. The van der Waals surface area contributed by atoms with Crippen LogP contribution in [0.1, 0.15) is 42.3 Å². The average Bonchev–Trinajstić information content (AvgIpc) is 3.48. The van der Waals surface area contributed by atoms with E-state index in [0.717, 1.165) is 62.0 Å². The normalized spacial score (nSPS) is 12.4. The Balaban J connectivity index is 1.47. The van der Waals surface area contributed by atoms with Crippen molar-refractivity contribution in [3.8, 4) is 22.9 Å². The molecule has 1 aromatic heterocycles. The predicted molar refractivity (Wildman–Crippen MR) is 139 cm³/mol. The van der Waals surface area contributed by atoms with Crippen molar-refractivity contribution in [3.63, 3.8) is 0 Å². The highest BCUT2D eigenvalue weighted by molar-refractivity contribution is 5.57. The molecule has 0 unspecified atom stereocenters. The first-order valence-corrected chi connectivity index (χ1v) is 12.5. The summed E-state index contributed by atoms with van der Waals surface area (Å²) in [7, 11) is 0. The lowest BCUT2D eigenvalue weighted by atomic mass is 10.1. The number of aryl methyl sites for hydroxylation is 1. The molecule has 3 aromatic carbocycles. The molecule has 0 bridgehead atoms.